The first-order valence-electron chi connectivity index (χ1n) is 6.22. The number of hydrogen-bond acceptors (Lipinski definition) is 2. The Balaban J connectivity index is 2.32. The fraction of sp³-hybridized carbons (Fsp3) is 0.286. The van der Waals surface area contributed by atoms with Gasteiger partial charge in [0.2, 0.25) is 0 Å². The number of carbonyl (C=O) groups excluding carboxylic acids is 1. The van der Waals surface area contributed by atoms with Crippen molar-refractivity contribution in [3.05, 3.63) is 53.1 Å². The number of alkyl halides is 3. The van der Waals surface area contributed by atoms with Crippen LogP contribution in [0.5, 0.6) is 0 Å². The summed E-state index contributed by atoms with van der Waals surface area (Å²) in [5.74, 6) is -1.67. The number of aromatic nitrogens is 2. The molecular weight excluding hydrogens is 288 g/mol. The van der Waals surface area contributed by atoms with E-state index in [1.165, 1.54) is 6.20 Å². The van der Waals surface area contributed by atoms with Crippen molar-refractivity contribution in [2.24, 2.45) is 0 Å². The number of nitrogens with zero attached hydrogens (tertiary/aromatic N) is 2. The van der Waals surface area contributed by atoms with Gasteiger partial charge < -0.3 is 0 Å². The predicted molar refractivity (Wildman–Crippen MR) is 67.3 cm³/mol. The third-order valence-corrected chi connectivity index (χ3v) is 2.96. The van der Waals surface area contributed by atoms with Crippen LogP contribution in [0, 0.1) is 5.82 Å². The maximum Gasteiger partial charge on any atom is 0.417 e. The molecule has 7 heteroatoms. The summed E-state index contributed by atoms with van der Waals surface area (Å²) in [5, 5.41) is 3.94. The predicted octanol–water partition coefficient (Wildman–Crippen LogP) is 3.49. The monoisotopic (exact) mass is 300 g/mol. The SMILES string of the molecule is CCn1cc(CC(=O)c2cc(F)ccc2C(F)(F)F)cn1. The molecule has 0 unspecified atom stereocenters. The number of benzene rings is 1. The summed E-state index contributed by atoms with van der Waals surface area (Å²) < 4.78 is 53.3. The van der Waals surface area contributed by atoms with Gasteiger partial charge in [-0.1, -0.05) is 0 Å². The minimum atomic E-state index is -4.70. The topological polar surface area (TPSA) is 34.9 Å². The van der Waals surface area contributed by atoms with E-state index >= 15 is 0 Å². The van der Waals surface area contributed by atoms with E-state index in [1.54, 1.807) is 10.9 Å². The summed E-state index contributed by atoms with van der Waals surface area (Å²) in [4.78, 5) is 12.0. The van der Waals surface area contributed by atoms with E-state index in [1.807, 2.05) is 6.92 Å². The zero-order chi connectivity index (χ0) is 15.6. The van der Waals surface area contributed by atoms with Gasteiger partial charge in [-0.25, -0.2) is 4.39 Å². The molecule has 0 spiro atoms. The van der Waals surface area contributed by atoms with E-state index in [0.717, 1.165) is 0 Å². The van der Waals surface area contributed by atoms with Gasteiger partial charge in [-0.3, -0.25) is 9.48 Å². The van der Waals surface area contributed by atoms with Crippen molar-refractivity contribution in [3.8, 4) is 0 Å². The maximum atomic E-state index is 13.2. The second kappa shape index (κ2) is 5.67. The minimum absolute atomic E-state index is 0.257. The van der Waals surface area contributed by atoms with E-state index in [0.29, 0.717) is 30.3 Å². The van der Waals surface area contributed by atoms with Crippen molar-refractivity contribution < 1.29 is 22.4 Å². The smallest absolute Gasteiger partial charge is 0.294 e. The lowest BCUT2D eigenvalue weighted by Crippen LogP contribution is -2.15. The molecule has 0 N–H and O–H groups in total. The first kappa shape index (κ1) is 15.2. The van der Waals surface area contributed by atoms with Gasteiger partial charge in [0.05, 0.1) is 11.8 Å². The minimum Gasteiger partial charge on any atom is -0.294 e. The van der Waals surface area contributed by atoms with Crippen LogP contribution < -0.4 is 0 Å². The van der Waals surface area contributed by atoms with E-state index < -0.39 is 28.9 Å². The van der Waals surface area contributed by atoms with E-state index in [4.69, 9.17) is 0 Å². The summed E-state index contributed by atoms with van der Waals surface area (Å²) in [6.45, 7) is 2.43. The van der Waals surface area contributed by atoms with Crippen molar-refractivity contribution in [3.63, 3.8) is 0 Å². The van der Waals surface area contributed by atoms with Crippen LogP contribution in [0.15, 0.2) is 30.6 Å². The number of Topliss-reactive ketones (excluding diaryl/α,β-unsaturated/α-hetero) is 1. The van der Waals surface area contributed by atoms with E-state index in [2.05, 4.69) is 5.10 Å². The van der Waals surface area contributed by atoms with Crippen LogP contribution in [0.2, 0.25) is 0 Å². The normalized spacial score (nSPS) is 11.7. The van der Waals surface area contributed by atoms with Crippen molar-refractivity contribution in [2.75, 3.05) is 0 Å². The van der Waals surface area contributed by atoms with Crippen LogP contribution in [-0.2, 0) is 19.1 Å². The lowest BCUT2D eigenvalue weighted by atomic mass is 9.99. The molecule has 1 heterocycles. The Kier molecular flexibility index (Phi) is 4.11. The third-order valence-electron chi connectivity index (χ3n) is 2.96. The largest absolute Gasteiger partial charge is 0.417 e. The molecule has 1 aromatic carbocycles. The molecule has 0 atom stereocenters. The standard InChI is InChI=1S/C14H12F4N2O/c1-2-20-8-9(7-19-20)5-13(21)11-6-10(15)3-4-12(11)14(16,17)18/h3-4,6-8H,2,5H2,1H3. The third kappa shape index (κ3) is 3.48. The molecule has 0 aliphatic carbocycles. The quantitative estimate of drug-likeness (QED) is 0.640. The Labute approximate surface area is 118 Å². The van der Waals surface area contributed by atoms with Crippen molar-refractivity contribution in [2.45, 2.75) is 26.1 Å². The summed E-state index contributed by atoms with van der Waals surface area (Å²) in [5.41, 5.74) is -1.30. The van der Waals surface area contributed by atoms with Gasteiger partial charge in [-0.05, 0) is 30.7 Å². The summed E-state index contributed by atoms with van der Waals surface area (Å²) in [6.07, 6.45) is -1.97. The Morgan fingerprint density at radius 1 is 1.33 bits per heavy atom. The van der Waals surface area contributed by atoms with Crippen molar-refractivity contribution in [1.82, 2.24) is 9.78 Å². The fourth-order valence-electron chi connectivity index (χ4n) is 1.95. The second-order valence-corrected chi connectivity index (χ2v) is 4.49. The van der Waals surface area contributed by atoms with E-state index in [-0.39, 0.29) is 6.42 Å². The molecule has 0 aliphatic heterocycles. The first-order chi connectivity index (χ1) is 9.81. The summed E-state index contributed by atoms with van der Waals surface area (Å²) in [7, 11) is 0. The number of aryl methyl sites for hydroxylation is 1. The molecule has 1 aromatic heterocycles. The molecule has 0 fully saturated rings. The van der Waals surface area contributed by atoms with Crippen LogP contribution in [0.4, 0.5) is 17.6 Å². The average Bonchev–Trinajstić information content (AvgIpc) is 2.84. The lowest BCUT2D eigenvalue weighted by Gasteiger charge is -2.11. The highest BCUT2D eigenvalue weighted by molar-refractivity contribution is 5.99. The summed E-state index contributed by atoms with van der Waals surface area (Å²) in [6, 6.07) is 1.89. The van der Waals surface area contributed by atoms with Crippen LogP contribution in [0.25, 0.3) is 0 Å². The van der Waals surface area contributed by atoms with Gasteiger partial charge in [0, 0.05) is 24.7 Å². The number of hydrogen-bond donors (Lipinski definition) is 0. The van der Waals surface area contributed by atoms with Crippen molar-refractivity contribution in [1.29, 1.82) is 0 Å². The molecule has 0 amide bonds. The Bertz CT molecular complexity index is 661. The Hall–Kier alpha value is -2.18. The van der Waals surface area contributed by atoms with Gasteiger partial charge in [-0.2, -0.15) is 18.3 Å². The summed E-state index contributed by atoms with van der Waals surface area (Å²) >= 11 is 0. The highest BCUT2D eigenvalue weighted by atomic mass is 19.4. The zero-order valence-electron chi connectivity index (χ0n) is 11.1. The molecule has 112 valence electrons. The molecule has 0 saturated carbocycles. The second-order valence-electron chi connectivity index (χ2n) is 4.49. The van der Waals surface area contributed by atoms with Crippen LogP contribution in [0.1, 0.15) is 28.4 Å². The highest BCUT2D eigenvalue weighted by Gasteiger charge is 2.35. The fourth-order valence-corrected chi connectivity index (χ4v) is 1.95. The Morgan fingerprint density at radius 3 is 2.62 bits per heavy atom. The molecule has 0 bridgehead atoms. The van der Waals surface area contributed by atoms with Gasteiger partial charge in [0.15, 0.2) is 5.78 Å². The number of carbonyl (C=O) groups is 1. The van der Waals surface area contributed by atoms with Crippen molar-refractivity contribution >= 4 is 5.78 Å². The number of rotatable bonds is 4. The zero-order valence-corrected chi connectivity index (χ0v) is 11.1. The van der Waals surface area contributed by atoms with Gasteiger partial charge in [0.25, 0.3) is 0 Å². The molecule has 0 saturated heterocycles. The molecule has 2 aromatic rings. The molecule has 0 aliphatic rings. The van der Waals surface area contributed by atoms with Gasteiger partial charge in [-0.15, -0.1) is 0 Å². The van der Waals surface area contributed by atoms with Crippen LogP contribution in [-0.4, -0.2) is 15.6 Å². The molecular formula is C14H12F4N2O. The van der Waals surface area contributed by atoms with Gasteiger partial charge in [0.1, 0.15) is 5.82 Å². The average molecular weight is 300 g/mol. The molecule has 3 nitrogen and oxygen atoms in total. The maximum absolute atomic E-state index is 13.2. The first-order valence-corrected chi connectivity index (χ1v) is 6.22. The van der Waals surface area contributed by atoms with Gasteiger partial charge >= 0.3 is 6.18 Å². The lowest BCUT2D eigenvalue weighted by molar-refractivity contribution is -0.137. The Morgan fingerprint density at radius 2 is 2.05 bits per heavy atom. The highest BCUT2D eigenvalue weighted by Crippen LogP contribution is 2.32. The molecule has 21 heavy (non-hydrogen) atoms. The number of halogens is 4. The van der Waals surface area contributed by atoms with Crippen LogP contribution in [0.3, 0.4) is 0 Å². The number of ketones is 1. The molecule has 2 rings (SSSR count). The molecule has 0 radical (unpaired) electrons. The van der Waals surface area contributed by atoms with Crippen LogP contribution >= 0.6 is 0 Å². The van der Waals surface area contributed by atoms with E-state index in [9.17, 15) is 22.4 Å².